The summed E-state index contributed by atoms with van der Waals surface area (Å²) in [6.07, 6.45) is 4.68. The molecule has 6 nitrogen and oxygen atoms in total. The maximum absolute atomic E-state index is 5.14. The molecule has 1 N–H and O–H groups in total. The third-order valence-electron chi connectivity index (χ3n) is 18.1. The number of nitrogens with zero attached hydrogens (tertiary/aromatic N) is 5. The van der Waals surface area contributed by atoms with Crippen molar-refractivity contribution in [2.45, 2.75) is 31.7 Å². The summed E-state index contributed by atoms with van der Waals surface area (Å²) in [5.41, 5.74) is 25.2. The molecule has 6 heteroatoms. The summed E-state index contributed by atoms with van der Waals surface area (Å²) in [5, 5.41) is 11.1. The first-order valence-corrected chi connectivity index (χ1v) is 28.7. The molecule has 1 saturated heterocycles. The van der Waals surface area contributed by atoms with Crippen molar-refractivity contribution in [2.24, 2.45) is 0 Å². The van der Waals surface area contributed by atoms with Crippen molar-refractivity contribution in [2.75, 3.05) is 6.54 Å². The average Bonchev–Trinajstić information content (AvgIpc) is 3.60. The van der Waals surface area contributed by atoms with Crippen LogP contribution in [0.25, 0.3) is 116 Å². The van der Waals surface area contributed by atoms with Crippen LogP contribution in [0.5, 0.6) is 0 Å². The molecule has 0 spiro atoms. The number of aryl methyl sites for hydroxylation is 2. The van der Waals surface area contributed by atoms with Crippen molar-refractivity contribution in [3.8, 4) is 50.7 Å². The van der Waals surface area contributed by atoms with Crippen LogP contribution >= 0.6 is 0 Å². The Hall–Kier alpha value is -10.1. The summed E-state index contributed by atoms with van der Waals surface area (Å²) in [4.78, 5) is 10.3. The fourth-order valence-electron chi connectivity index (χ4n) is 14.3. The second kappa shape index (κ2) is 17.9. The molecule has 0 amide bonds. The van der Waals surface area contributed by atoms with E-state index < -0.39 is 5.41 Å². The molecule has 6 heterocycles. The minimum atomic E-state index is -0.706. The van der Waals surface area contributed by atoms with Crippen LogP contribution in [0.3, 0.4) is 0 Å². The molecule has 5 aromatic heterocycles. The summed E-state index contributed by atoms with van der Waals surface area (Å²) in [6, 6.07) is 90.8. The number of nitrogens with one attached hydrogen (secondary N) is 1. The van der Waals surface area contributed by atoms with Gasteiger partial charge in [-0.1, -0.05) is 140 Å². The highest BCUT2D eigenvalue weighted by atomic mass is 15.1. The lowest BCUT2D eigenvalue weighted by Gasteiger charge is -2.36. The minimum Gasteiger partial charge on any atom is -0.309 e. The molecule has 1 atom stereocenters. The molecule has 0 saturated carbocycles. The van der Waals surface area contributed by atoms with Crippen molar-refractivity contribution in [3.63, 3.8) is 0 Å². The quantitative estimate of drug-likeness (QED) is 0.147. The number of pyridine rings is 2. The predicted octanol–water partition coefficient (Wildman–Crippen LogP) is 18.0. The number of hydrogen-bond acceptors (Lipinski definition) is 3. The van der Waals surface area contributed by atoms with Gasteiger partial charge in [0, 0.05) is 74.4 Å². The van der Waals surface area contributed by atoms with E-state index in [9.17, 15) is 0 Å². The number of fused-ring (bicyclic) bond motifs is 12. The third kappa shape index (κ3) is 6.79. The summed E-state index contributed by atoms with van der Waals surface area (Å²) in [7, 11) is 0. The zero-order valence-corrected chi connectivity index (χ0v) is 45.5. The molecular formula is C76H54N6. The summed E-state index contributed by atoms with van der Waals surface area (Å²) < 4.78 is 7.23. The Morgan fingerprint density at radius 2 is 0.829 bits per heavy atom. The van der Waals surface area contributed by atoms with Gasteiger partial charge in [0.05, 0.1) is 49.9 Å². The Kier molecular flexibility index (Phi) is 10.2. The van der Waals surface area contributed by atoms with Crippen LogP contribution < -0.4 is 5.32 Å². The van der Waals surface area contributed by atoms with Gasteiger partial charge in [0.15, 0.2) is 0 Å². The average molecular weight is 1050 g/mol. The van der Waals surface area contributed by atoms with E-state index in [1.807, 2.05) is 12.4 Å². The van der Waals surface area contributed by atoms with E-state index in [-0.39, 0.29) is 0 Å². The molecule has 10 aromatic carbocycles. The van der Waals surface area contributed by atoms with E-state index in [1.54, 1.807) is 0 Å². The minimum absolute atomic E-state index is 0.382. The number of aromatic nitrogens is 5. The number of para-hydroxylation sites is 4. The molecule has 1 unspecified atom stereocenters. The van der Waals surface area contributed by atoms with E-state index in [0.717, 1.165) is 52.5 Å². The highest BCUT2D eigenvalue weighted by molar-refractivity contribution is 6.12. The molecule has 0 bridgehead atoms. The van der Waals surface area contributed by atoms with Crippen LogP contribution in [0.1, 0.15) is 51.9 Å². The molecule has 15 aromatic rings. The van der Waals surface area contributed by atoms with Crippen LogP contribution in [-0.4, -0.2) is 30.2 Å². The predicted molar refractivity (Wildman–Crippen MR) is 338 cm³/mol. The van der Waals surface area contributed by atoms with Crippen molar-refractivity contribution >= 4 is 65.4 Å². The summed E-state index contributed by atoms with van der Waals surface area (Å²) in [5.74, 6) is 0. The van der Waals surface area contributed by atoms with Crippen molar-refractivity contribution in [1.82, 2.24) is 29.0 Å². The van der Waals surface area contributed by atoms with Gasteiger partial charge in [-0.05, 0) is 184 Å². The van der Waals surface area contributed by atoms with E-state index >= 15 is 0 Å². The standard InChI is InChI=1S/C76H54N6/c1-3-48-41-49(50-28-36-71-60(42-50)59-19-9-12-24-70(59)80(71)54-15-5-4-6-16-54)27-35-63(48)76(64-20-13-39-77-74(64)75-65(76)21-14-40-78-75)66-45-52(26-25-47(66)2)51-29-37-72-61(43-51)62-44-53(67-46-79-67)30-38-73(62)82(72)56-33-31-55(32-34-56)81-68-22-10-7-17-57(68)58-18-8-11-23-69(58)81/h4-45,67,79H,3,46H2,1-2H3. The normalized spacial score (nSPS) is 14.4. The van der Waals surface area contributed by atoms with Crippen molar-refractivity contribution in [1.29, 1.82) is 0 Å². The fraction of sp³-hybridized carbons (Fsp3) is 0.0789. The maximum Gasteiger partial charge on any atom is 0.0937 e. The van der Waals surface area contributed by atoms with Gasteiger partial charge in [-0.15, -0.1) is 0 Å². The monoisotopic (exact) mass is 1050 g/mol. The molecule has 1 aliphatic heterocycles. The Labute approximate surface area is 474 Å². The Morgan fingerprint density at radius 1 is 0.390 bits per heavy atom. The lowest BCUT2D eigenvalue weighted by atomic mass is 9.65. The van der Waals surface area contributed by atoms with Gasteiger partial charge in [-0.3, -0.25) is 9.97 Å². The first-order valence-electron chi connectivity index (χ1n) is 28.7. The van der Waals surface area contributed by atoms with E-state index in [4.69, 9.17) is 9.97 Å². The summed E-state index contributed by atoms with van der Waals surface area (Å²) in [6.45, 7) is 5.59. The molecule has 0 radical (unpaired) electrons. The SMILES string of the molecule is CCc1cc(-c2ccc3c(c2)c2ccccc2n3-c2ccccc2)ccc1C1(c2cc(-c3ccc4c(c3)c3cc(C5CN5)ccc3n4-c3ccc(-n4c5ccccc5c5ccccc54)cc3)ccc2C)c2cccnc2-c2ncccc21. The smallest absolute Gasteiger partial charge is 0.0937 e. The molecule has 17 rings (SSSR count). The van der Waals surface area contributed by atoms with Gasteiger partial charge in [0.1, 0.15) is 0 Å². The van der Waals surface area contributed by atoms with E-state index in [1.165, 1.54) is 115 Å². The van der Waals surface area contributed by atoms with Crippen molar-refractivity contribution in [3.05, 3.63) is 294 Å². The van der Waals surface area contributed by atoms with Crippen LogP contribution in [0.2, 0.25) is 0 Å². The van der Waals surface area contributed by atoms with Gasteiger partial charge in [0.2, 0.25) is 0 Å². The maximum atomic E-state index is 5.14. The fourth-order valence-corrected chi connectivity index (χ4v) is 14.3. The molecule has 388 valence electrons. The van der Waals surface area contributed by atoms with Gasteiger partial charge in [0.25, 0.3) is 0 Å². The first-order chi connectivity index (χ1) is 40.5. The molecular weight excluding hydrogens is 997 g/mol. The lowest BCUT2D eigenvalue weighted by Crippen LogP contribution is -2.31. The molecule has 2 aliphatic rings. The Morgan fingerprint density at radius 3 is 1.39 bits per heavy atom. The third-order valence-corrected chi connectivity index (χ3v) is 18.1. The number of rotatable bonds is 9. The van der Waals surface area contributed by atoms with Gasteiger partial charge >= 0.3 is 0 Å². The molecule has 1 fully saturated rings. The highest BCUT2D eigenvalue weighted by Gasteiger charge is 2.49. The Bertz CT molecular complexity index is 5010. The largest absolute Gasteiger partial charge is 0.309 e. The first kappa shape index (κ1) is 46.7. The zero-order valence-electron chi connectivity index (χ0n) is 45.5. The number of benzene rings is 10. The highest BCUT2D eigenvalue weighted by Crippen LogP contribution is 2.57. The molecule has 82 heavy (non-hydrogen) atoms. The zero-order chi connectivity index (χ0) is 54.2. The summed E-state index contributed by atoms with van der Waals surface area (Å²) >= 11 is 0. The van der Waals surface area contributed by atoms with Crippen molar-refractivity contribution < 1.29 is 0 Å². The second-order valence-corrected chi connectivity index (χ2v) is 22.4. The van der Waals surface area contributed by atoms with E-state index in [0.29, 0.717) is 6.04 Å². The second-order valence-electron chi connectivity index (χ2n) is 22.4. The van der Waals surface area contributed by atoms with Crippen LogP contribution in [-0.2, 0) is 11.8 Å². The topological polar surface area (TPSA) is 62.5 Å². The van der Waals surface area contributed by atoms with Gasteiger partial charge < -0.3 is 19.0 Å². The Balaban J connectivity index is 0.820. The van der Waals surface area contributed by atoms with Gasteiger partial charge in [-0.2, -0.15) is 0 Å². The van der Waals surface area contributed by atoms with Crippen LogP contribution in [0.15, 0.2) is 255 Å². The molecule has 1 aliphatic carbocycles. The lowest BCUT2D eigenvalue weighted by molar-refractivity contribution is 0.744. The number of hydrogen-bond donors (Lipinski definition) is 1. The van der Waals surface area contributed by atoms with Gasteiger partial charge in [-0.25, -0.2) is 0 Å². The van der Waals surface area contributed by atoms with Crippen LogP contribution in [0, 0.1) is 6.92 Å². The van der Waals surface area contributed by atoms with E-state index in [2.05, 4.69) is 276 Å². The van der Waals surface area contributed by atoms with Crippen LogP contribution in [0.4, 0.5) is 0 Å².